The summed E-state index contributed by atoms with van der Waals surface area (Å²) in [5.74, 6) is 1.95. The molecule has 7 rings (SSSR count). The zero-order valence-corrected chi connectivity index (χ0v) is 25.7. The van der Waals surface area contributed by atoms with Gasteiger partial charge in [-0.2, -0.15) is 5.10 Å². The summed E-state index contributed by atoms with van der Waals surface area (Å²) < 4.78 is 37.6. The van der Waals surface area contributed by atoms with Crippen LogP contribution in [0, 0.1) is 29.6 Å². The van der Waals surface area contributed by atoms with Crippen LogP contribution >= 0.6 is 0 Å². The number of anilines is 1. The number of sulfonamides is 1. The molecule has 4 aliphatic rings. The maximum Gasteiger partial charge on any atom is 0.268 e. The lowest BCUT2D eigenvalue weighted by molar-refractivity contribution is 0.0981. The Morgan fingerprint density at radius 1 is 1.12 bits per heavy atom. The second kappa shape index (κ2) is 9.05. The van der Waals surface area contributed by atoms with Crippen LogP contribution in [0.1, 0.15) is 75.3 Å². The van der Waals surface area contributed by atoms with Crippen LogP contribution in [0.3, 0.4) is 0 Å². The van der Waals surface area contributed by atoms with E-state index in [4.69, 9.17) is 9.72 Å². The van der Waals surface area contributed by atoms with Gasteiger partial charge < -0.3 is 9.64 Å². The smallest absolute Gasteiger partial charge is 0.268 e. The number of nitrogens with one attached hydrogen (secondary N) is 1. The normalized spacial score (nSPS) is 23.0. The molecule has 42 heavy (non-hydrogen) atoms. The van der Waals surface area contributed by atoms with E-state index in [0.717, 1.165) is 18.8 Å². The maximum atomic E-state index is 13.5. The van der Waals surface area contributed by atoms with Crippen LogP contribution in [0.5, 0.6) is 5.88 Å². The highest BCUT2D eigenvalue weighted by atomic mass is 32.2. The van der Waals surface area contributed by atoms with Crippen molar-refractivity contribution < 1.29 is 17.9 Å². The largest absolute Gasteiger partial charge is 0.477 e. The highest BCUT2D eigenvalue weighted by Gasteiger charge is 2.85. The molecule has 4 fully saturated rings. The number of fused-ring (bicyclic) bond motifs is 1. The number of rotatable bonds is 9. The fourth-order valence-electron chi connectivity index (χ4n) is 8.13. The number of aromatic nitrogens is 5. The molecule has 11 nitrogen and oxygen atoms in total. The lowest BCUT2D eigenvalue weighted by Gasteiger charge is -2.34. The molecule has 3 aliphatic carbocycles. The van der Waals surface area contributed by atoms with E-state index in [9.17, 15) is 13.2 Å². The zero-order valence-electron chi connectivity index (χ0n) is 24.9. The lowest BCUT2D eigenvalue weighted by Crippen LogP contribution is -2.41. The van der Waals surface area contributed by atoms with Gasteiger partial charge in [-0.15, -0.1) is 5.10 Å². The molecule has 2 spiro atoms. The Morgan fingerprint density at radius 3 is 2.43 bits per heavy atom. The van der Waals surface area contributed by atoms with Crippen molar-refractivity contribution in [3.8, 4) is 11.7 Å². The van der Waals surface area contributed by atoms with Crippen molar-refractivity contribution in [1.29, 1.82) is 0 Å². The summed E-state index contributed by atoms with van der Waals surface area (Å²) in [6, 6.07) is 5.14. The van der Waals surface area contributed by atoms with Crippen LogP contribution in [-0.2, 0) is 17.1 Å². The average Bonchev–Trinajstić information content (AvgIpc) is 3.85. The number of ether oxygens (including phenoxy) is 1. The summed E-state index contributed by atoms with van der Waals surface area (Å²) in [6.07, 6.45) is 10.8. The number of amides is 1. The van der Waals surface area contributed by atoms with Crippen molar-refractivity contribution in [3.05, 3.63) is 41.9 Å². The molecule has 1 amide bonds. The van der Waals surface area contributed by atoms with E-state index in [1.54, 1.807) is 37.0 Å². The number of nitrogens with zero attached hydrogens (tertiary/aromatic N) is 6. The molecule has 224 valence electrons. The third-order valence-electron chi connectivity index (χ3n) is 10.2. The quantitative estimate of drug-likeness (QED) is 0.395. The number of carbonyl (C=O) groups is 1. The standard InChI is InChI=1S/C30H39N7O4S/c1-19-16-28(3,4)36(17-19)26-21(27(38)34-42(39,40)22-18-35(5)32-20(22)2)6-7-24(31-26)37-14-8-25(33-37)41-15-9-23-29(10-11-29)30(23)12-13-30/h6-8,14,18-19,23H,9-13,15-17H2,1-5H3,(H,34,38)/t19-/m0/s1. The predicted octanol–water partition coefficient (Wildman–Crippen LogP) is 4.01. The monoisotopic (exact) mass is 593 g/mol. The Hall–Kier alpha value is -3.41. The molecular weight excluding hydrogens is 554 g/mol. The summed E-state index contributed by atoms with van der Waals surface area (Å²) in [7, 11) is -2.50. The molecule has 3 aromatic rings. The maximum absolute atomic E-state index is 13.5. The number of carbonyl (C=O) groups excluding carboxylic acids is 1. The first-order chi connectivity index (χ1) is 19.9. The first-order valence-electron chi connectivity index (χ1n) is 14.9. The molecule has 0 aromatic carbocycles. The summed E-state index contributed by atoms with van der Waals surface area (Å²) in [5.41, 5.74) is 1.55. The lowest BCUT2D eigenvalue weighted by atomic mass is 9.97. The van der Waals surface area contributed by atoms with E-state index >= 15 is 0 Å². The first kappa shape index (κ1) is 27.4. The Labute approximate surface area is 246 Å². The molecule has 3 aromatic heterocycles. The molecule has 1 atom stereocenters. The van der Waals surface area contributed by atoms with Gasteiger partial charge in [-0.05, 0) is 94.1 Å². The van der Waals surface area contributed by atoms with Gasteiger partial charge in [0.15, 0.2) is 5.82 Å². The van der Waals surface area contributed by atoms with Gasteiger partial charge in [0.05, 0.1) is 17.9 Å². The summed E-state index contributed by atoms with van der Waals surface area (Å²) in [5, 5.41) is 8.72. The molecule has 1 N–H and O–H groups in total. The third-order valence-corrected chi connectivity index (χ3v) is 11.6. The van der Waals surface area contributed by atoms with Gasteiger partial charge >= 0.3 is 0 Å². The third kappa shape index (κ3) is 4.32. The molecule has 0 bridgehead atoms. The Morgan fingerprint density at radius 2 is 1.83 bits per heavy atom. The van der Waals surface area contributed by atoms with Crippen molar-refractivity contribution >= 4 is 21.7 Å². The number of hydrogen-bond acceptors (Lipinski definition) is 8. The van der Waals surface area contributed by atoms with Crippen molar-refractivity contribution in [2.24, 2.45) is 29.7 Å². The summed E-state index contributed by atoms with van der Waals surface area (Å²) in [6.45, 7) is 9.33. The van der Waals surface area contributed by atoms with E-state index in [1.807, 2.05) is 6.07 Å². The van der Waals surface area contributed by atoms with Gasteiger partial charge in [-0.25, -0.2) is 22.8 Å². The van der Waals surface area contributed by atoms with Crippen LogP contribution in [-0.4, -0.2) is 57.6 Å². The fraction of sp³-hybridized carbons (Fsp3) is 0.600. The molecule has 1 aliphatic heterocycles. The number of hydrogen-bond donors (Lipinski definition) is 1. The van der Waals surface area contributed by atoms with Crippen LogP contribution in [0.2, 0.25) is 0 Å². The van der Waals surface area contributed by atoms with Gasteiger partial charge in [0, 0.05) is 37.6 Å². The van der Waals surface area contributed by atoms with Gasteiger partial charge in [0.25, 0.3) is 15.9 Å². The van der Waals surface area contributed by atoms with E-state index < -0.39 is 15.9 Å². The second-order valence-electron chi connectivity index (χ2n) is 13.6. The number of pyridine rings is 1. The van der Waals surface area contributed by atoms with Gasteiger partial charge in [-0.1, -0.05) is 6.92 Å². The highest BCUT2D eigenvalue weighted by Crippen LogP contribution is 2.93. The van der Waals surface area contributed by atoms with Crippen LogP contribution in [0.15, 0.2) is 35.5 Å². The SMILES string of the molecule is Cc1nn(C)cc1S(=O)(=O)NC(=O)c1ccc(-n2ccc(OCCC3C4(CC4)C34CC4)n2)nc1N1C[C@@H](C)CC1(C)C. The van der Waals surface area contributed by atoms with Crippen LogP contribution in [0.4, 0.5) is 5.82 Å². The first-order valence-corrected chi connectivity index (χ1v) is 16.4. The molecule has 1 saturated heterocycles. The summed E-state index contributed by atoms with van der Waals surface area (Å²) >= 11 is 0. The molecule has 0 unspecified atom stereocenters. The average molecular weight is 594 g/mol. The van der Waals surface area contributed by atoms with Crippen molar-refractivity contribution in [3.63, 3.8) is 0 Å². The van der Waals surface area contributed by atoms with E-state index in [0.29, 0.717) is 53.1 Å². The van der Waals surface area contributed by atoms with E-state index in [2.05, 4.69) is 40.6 Å². The second-order valence-corrected chi connectivity index (χ2v) is 15.2. The van der Waals surface area contributed by atoms with Gasteiger partial charge in [0.1, 0.15) is 10.7 Å². The Bertz CT molecular complexity index is 1660. The molecule has 12 heteroatoms. The molecular formula is C30H39N7O4S. The van der Waals surface area contributed by atoms with Crippen molar-refractivity contribution in [2.75, 3.05) is 18.1 Å². The van der Waals surface area contributed by atoms with Crippen molar-refractivity contribution in [2.45, 2.75) is 76.7 Å². The molecule has 3 saturated carbocycles. The Kier molecular flexibility index (Phi) is 5.91. The van der Waals surface area contributed by atoms with Crippen molar-refractivity contribution in [1.82, 2.24) is 29.3 Å². The van der Waals surface area contributed by atoms with Crippen LogP contribution < -0.4 is 14.4 Å². The van der Waals surface area contributed by atoms with Crippen LogP contribution in [0.25, 0.3) is 5.82 Å². The fourth-order valence-corrected chi connectivity index (χ4v) is 9.32. The topological polar surface area (TPSA) is 124 Å². The Balaban J connectivity index is 1.13. The van der Waals surface area contributed by atoms with E-state index in [-0.39, 0.29) is 16.0 Å². The van der Waals surface area contributed by atoms with Gasteiger partial charge in [-0.3, -0.25) is 9.48 Å². The van der Waals surface area contributed by atoms with Gasteiger partial charge in [0.2, 0.25) is 5.88 Å². The molecule has 0 radical (unpaired) electrons. The minimum Gasteiger partial charge on any atom is -0.477 e. The zero-order chi connectivity index (χ0) is 29.7. The predicted molar refractivity (Wildman–Crippen MR) is 156 cm³/mol. The minimum absolute atomic E-state index is 0.0371. The molecule has 4 heterocycles. The summed E-state index contributed by atoms with van der Waals surface area (Å²) in [4.78, 5) is 20.5. The number of aryl methyl sites for hydroxylation is 2. The highest BCUT2D eigenvalue weighted by molar-refractivity contribution is 7.90. The van der Waals surface area contributed by atoms with E-state index in [1.165, 1.54) is 36.6 Å². The minimum atomic E-state index is -4.14.